The van der Waals surface area contributed by atoms with Crippen LogP contribution in [0.4, 0.5) is 0 Å². The van der Waals surface area contributed by atoms with Gasteiger partial charge in [0.05, 0.1) is 0 Å². The van der Waals surface area contributed by atoms with E-state index in [1.807, 2.05) is 6.92 Å². The summed E-state index contributed by atoms with van der Waals surface area (Å²) in [6.07, 6.45) is 7.78. The van der Waals surface area contributed by atoms with Crippen LogP contribution in [0, 0.1) is 12.8 Å². The van der Waals surface area contributed by atoms with E-state index in [-0.39, 0.29) is 5.91 Å². The second-order valence-corrected chi connectivity index (χ2v) is 5.76. The zero-order valence-corrected chi connectivity index (χ0v) is 12.2. The average Bonchev–Trinajstić information content (AvgIpc) is 2.38. The molecule has 0 radical (unpaired) electrons. The summed E-state index contributed by atoms with van der Waals surface area (Å²) in [6.45, 7) is 2.59. The summed E-state index contributed by atoms with van der Waals surface area (Å²) in [6, 6.07) is 3.38. The van der Waals surface area contributed by atoms with Crippen LogP contribution in [-0.2, 0) is 0 Å². The fourth-order valence-electron chi connectivity index (χ4n) is 2.73. The minimum Gasteiger partial charge on any atom is -0.352 e. The van der Waals surface area contributed by atoms with Crippen molar-refractivity contribution in [1.29, 1.82) is 0 Å². The van der Waals surface area contributed by atoms with Gasteiger partial charge in [-0.15, -0.1) is 0 Å². The van der Waals surface area contributed by atoms with Gasteiger partial charge in [0.2, 0.25) is 0 Å². The van der Waals surface area contributed by atoms with Gasteiger partial charge in [0, 0.05) is 17.8 Å². The molecule has 2 rings (SSSR count). The first-order valence-corrected chi connectivity index (χ1v) is 7.45. The van der Waals surface area contributed by atoms with E-state index in [2.05, 4.69) is 10.3 Å². The van der Waals surface area contributed by atoms with Gasteiger partial charge in [-0.2, -0.15) is 0 Å². The van der Waals surface area contributed by atoms with Crippen LogP contribution < -0.4 is 5.32 Å². The SMILES string of the molecule is Cc1cc(C(=O)NCCC2CCCCC2)cc(Cl)n1. The van der Waals surface area contributed by atoms with Gasteiger partial charge >= 0.3 is 0 Å². The topological polar surface area (TPSA) is 42.0 Å². The summed E-state index contributed by atoms with van der Waals surface area (Å²) in [4.78, 5) is 16.0. The number of hydrogen-bond acceptors (Lipinski definition) is 2. The Balaban J connectivity index is 1.80. The lowest BCUT2D eigenvalue weighted by Gasteiger charge is -2.21. The molecule has 1 saturated carbocycles. The Bertz CT molecular complexity index is 422. The minimum atomic E-state index is -0.0526. The van der Waals surface area contributed by atoms with Crippen LogP contribution in [-0.4, -0.2) is 17.4 Å². The van der Waals surface area contributed by atoms with Crippen LogP contribution in [0.3, 0.4) is 0 Å². The number of amides is 1. The maximum absolute atomic E-state index is 12.0. The van der Waals surface area contributed by atoms with Crippen LogP contribution in [0.2, 0.25) is 5.15 Å². The number of hydrogen-bond donors (Lipinski definition) is 1. The number of pyridine rings is 1. The predicted molar refractivity (Wildman–Crippen MR) is 77.5 cm³/mol. The van der Waals surface area contributed by atoms with Crippen LogP contribution in [0.25, 0.3) is 0 Å². The lowest BCUT2D eigenvalue weighted by atomic mass is 9.87. The molecule has 1 aromatic rings. The Labute approximate surface area is 119 Å². The normalized spacial score (nSPS) is 16.3. The van der Waals surface area contributed by atoms with E-state index < -0.39 is 0 Å². The van der Waals surface area contributed by atoms with Crippen molar-refractivity contribution in [2.24, 2.45) is 5.92 Å². The number of nitrogens with one attached hydrogen (secondary N) is 1. The summed E-state index contributed by atoms with van der Waals surface area (Å²) < 4.78 is 0. The van der Waals surface area contributed by atoms with E-state index in [9.17, 15) is 4.79 Å². The zero-order chi connectivity index (χ0) is 13.7. The fourth-order valence-corrected chi connectivity index (χ4v) is 2.98. The summed E-state index contributed by atoms with van der Waals surface area (Å²) >= 11 is 5.86. The molecule has 0 saturated heterocycles. The summed E-state index contributed by atoms with van der Waals surface area (Å²) in [5.74, 6) is 0.736. The Morgan fingerprint density at radius 2 is 2.11 bits per heavy atom. The third-order valence-electron chi connectivity index (χ3n) is 3.75. The second-order valence-electron chi connectivity index (χ2n) is 5.37. The Morgan fingerprint density at radius 1 is 1.37 bits per heavy atom. The summed E-state index contributed by atoms with van der Waals surface area (Å²) in [7, 11) is 0. The molecule has 104 valence electrons. The van der Waals surface area contributed by atoms with Gasteiger partial charge < -0.3 is 5.32 Å². The molecule has 0 unspecified atom stereocenters. The quantitative estimate of drug-likeness (QED) is 0.854. The summed E-state index contributed by atoms with van der Waals surface area (Å²) in [5, 5.41) is 3.35. The van der Waals surface area contributed by atoms with Crippen LogP contribution >= 0.6 is 11.6 Å². The lowest BCUT2D eigenvalue weighted by Crippen LogP contribution is -2.26. The summed E-state index contributed by atoms with van der Waals surface area (Å²) in [5.41, 5.74) is 1.37. The van der Waals surface area contributed by atoms with Crippen LogP contribution in [0.1, 0.15) is 54.6 Å². The maximum Gasteiger partial charge on any atom is 0.251 e. The molecule has 3 nitrogen and oxygen atoms in total. The highest BCUT2D eigenvalue weighted by atomic mass is 35.5. The molecule has 1 fully saturated rings. The molecule has 0 bridgehead atoms. The first kappa shape index (κ1) is 14.3. The highest BCUT2D eigenvalue weighted by Gasteiger charge is 2.14. The molecule has 4 heteroatoms. The van der Waals surface area contributed by atoms with Crippen molar-refractivity contribution in [1.82, 2.24) is 10.3 Å². The van der Waals surface area contributed by atoms with E-state index in [1.54, 1.807) is 12.1 Å². The number of nitrogens with zero attached hydrogens (tertiary/aromatic N) is 1. The van der Waals surface area contributed by atoms with Crippen molar-refractivity contribution < 1.29 is 4.79 Å². The maximum atomic E-state index is 12.0. The third kappa shape index (κ3) is 4.50. The van der Waals surface area contributed by atoms with E-state index in [0.29, 0.717) is 10.7 Å². The van der Waals surface area contributed by atoms with Crippen molar-refractivity contribution >= 4 is 17.5 Å². The highest BCUT2D eigenvalue weighted by Crippen LogP contribution is 2.25. The number of aromatic nitrogens is 1. The molecular weight excluding hydrogens is 260 g/mol. The van der Waals surface area contributed by atoms with Gasteiger partial charge in [0.1, 0.15) is 5.15 Å². The van der Waals surface area contributed by atoms with E-state index in [1.165, 1.54) is 32.1 Å². The molecule has 1 heterocycles. The number of halogens is 1. The number of aryl methyl sites for hydroxylation is 1. The molecular formula is C15H21ClN2O. The molecule has 0 aliphatic heterocycles. The van der Waals surface area contributed by atoms with Crippen molar-refractivity contribution in [2.45, 2.75) is 45.4 Å². The molecule has 1 N–H and O–H groups in total. The van der Waals surface area contributed by atoms with Gasteiger partial charge in [-0.25, -0.2) is 4.98 Å². The van der Waals surface area contributed by atoms with Crippen molar-refractivity contribution in [3.8, 4) is 0 Å². The van der Waals surface area contributed by atoms with Crippen molar-refractivity contribution in [2.75, 3.05) is 6.54 Å². The molecule has 1 aliphatic carbocycles. The third-order valence-corrected chi connectivity index (χ3v) is 3.94. The standard InChI is InChI=1S/C15H21ClN2O/c1-11-9-13(10-14(16)18-11)15(19)17-8-7-12-5-3-2-4-6-12/h9-10,12H,2-8H2,1H3,(H,17,19). The highest BCUT2D eigenvalue weighted by molar-refractivity contribution is 6.29. The van der Waals surface area contributed by atoms with Gasteiger partial charge in [-0.05, 0) is 31.4 Å². The Morgan fingerprint density at radius 3 is 2.79 bits per heavy atom. The number of carbonyl (C=O) groups is 1. The average molecular weight is 281 g/mol. The molecule has 0 atom stereocenters. The number of carbonyl (C=O) groups excluding carboxylic acids is 1. The van der Waals surface area contributed by atoms with E-state index in [0.717, 1.165) is 24.6 Å². The van der Waals surface area contributed by atoms with Gasteiger partial charge in [-0.1, -0.05) is 43.7 Å². The molecule has 1 aromatic heterocycles. The molecule has 0 aromatic carbocycles. The lowest BCUT2D eigenvalue weighted by molar-refractivity contribution is 0.0950. The van der Waals surface area contributed by atoms with Crippen LogP contribution in [0.15, 0.2) is 12.1 Å². The monoisotopic (exact) mass is 280 g/mol. The molecule has 1 amide bonds. The Kier molecular flexibility index (Phi) is 5.20. The van der Waals surface area contributed by atoms with Gasteiger partial charge in [-0.3, -0.25) is 4.79 Å². The first-order valence-electron chi connectivity index (χ1n) is 7.07. The fraction of sp³-hybridized carbons (Fsp3) is 0.600. The largest absolute Gasteiger partial charge is 0.352 e. The first-order chi connectivity index (χ1) is 9.15. The molecule has 0 spiro atoms. The molecule has 1 aliphatic rings. The molecule has 19 heavy (non-hydrogen) atoms. The minimum absolute atomic E-state index is 0.0526. The zero-order valence-electron chi connectivity index (χ0n) is 11.4. The van der Waals surface area contributed by atoms with Gasteiger partial charge in [0.15, 0.2) is 0 Å². The van der Waals surface area contributed by atoms with Gasteiger partial charge in [0.25, 0.3) is 5.91 Å². The van der Waals surface area contributed by atoms with E-state index >= 15 is 0 Å². The van der Waals surface area contributed by atoms with Crippen molar-refractivity contribution in [3.05, 3.63) is 28.5 Å². The Hall–Kier alpha value is -1.09. The van der Waals surface area contributed by atoms with E-state index in [4.69, 9.17) is 11.6 Å². The number of rotatable bonds is 4. The second kappa shape index (κ2) is 6.90. The smallest absolute Gasteiger partial charge is 0.251 e. The predicted octanol–water partition coefficient (Wildman–Crippen LogP) is 3.74. The van der Waals surface area contributed by atoms with Crippen molar-refractivity contribution in [3.63, 3.8) is 0 Å². The van der Waals surface area contributed by atoms with Crippen LogP contribution in [0.5, 0.6) is 0 Å².